The van der Waals surface area contributed by atoms with Crippen molar-refractivity contribution >= 4 is 11.6 Å². The van der Waals surface area contributed by atoms with Crippen LogP contribution >= 0.6 is 0 Å². The number of nitrogens with zero attached hydrogens (tertiary/aromatic N) is 4. The Hall–Kier alpha value is -2.67. The summed E-state index contributed by atoms with van der Waals surface area (Å²) in [4.78, 5) is 9.35. The molecule has 7 heteroatoms. The van der Waals surface area contributed by atoms with Gasteiger partial charge in [-0.1, -0.05) is 44.2 Å². The second-order valence-corrected chi connectivity index (χ2v) is 7.68. The zero-order valence-electron chi connectivity index (χ0n) is 16.7. The Morgan fingerprint density at radius 3 is 2.71 bits per heavy atom. The van der Waals surface area contributed by atoms with Crippen LogP contribution in [-0.2, 0) is 0 Å². The molecule has 1 aliphatic heterocycles. The van der Waals surface area contributed by atoms with Gasteiger partial charge in [-0.2, -0.15) is 19.6 Å². The Morgan fingerprint density at radius 1 is 1.18 bits per heavy atom. The first kappa shape index (κ1) is 18.7. The van der Waals surface area contributed by atoms with E-state index in [9.17, 15) is 0 Å². The summed E-state index contributed by atoms with van der Waals surface area (Å²) < 4.78 is 7.91. The van der Waals surface area contributed by atoms with Crippen molar-refractivity contribution < 1.29 is 4.74 Å². The highest BCUT2D eigenvalue weighted by Crippen LogP contribution is 2.25. The van der Waals surface area contributed by atoms with Crippen molar-refractivity contribution in [3.05, 3.63) is 47.7 Å². The fourth-order valence-corrected chi connectivity index (χ4v) is 3.52. The van der Waals surface area contributed by atoms with Crippen LogP contribution in [0.25, 0.3) is 5.65 Å². The first-order chi connectivity index (χ1) is 13.6. The average molecular weight is 380 g/mol. The van der Waals surface area contributed by atoms with E-state index in [-0.39, 0.29) is 12.1 Å². The molecule has 1 fully saturated rings. The van der Waals surface area contributed by atoms with Crippen molar-refractivity contribution in [3.8, 4) is 6.01 Å². The molecule has 3 heterocycles. The molecule has 4 rings (SSSR count). The fraction of sp³-hybridized carbons (Fsp3) is 0.476. The van der Waals surface area contributed by atoms with Crippen LogP contribution in [0.4, 0.5) is 5.95 Å². The fourth-order valence-electron chi connectivity index (χ4n) is 3.52. The number of anilines is 1. The summed E-state index contributed by atoms with van der Waals surface area (Å²) >= 11 is 0. The number of rotatable bonds is 6. The standard InChI is InChI=1S/C21H28N6O/c1-14(2)18-13-23-27-19(18)25-21(28-17-10-7-11-22-12-17)26-20(27)24-15(3)16-8-5-4-6-9-16/h4-6,8-9,13-15,17,22H,7,10-12H2,1-3H3,(H,24,25,26)/t15-,17?/m0/s1. The lowest BCUT2D eigenvalue weighted by Gasteiger charge is -2.23. The third kappa shape index (κ3) is 3.94. The number of fused-ring (bicyclic) bond motifs is 1. The van der Waals surface area contributed by atoms with E-state index in [0.29, 0.717) is 17.9 Å². The Kier molecular flexibility index (Phi) is 5.43. The van der Waals surface area contributed by atoms with Crippen molar-refractivity contribution in [2.75, 3.05) is 18.4 Å². The number of ether oxygens (including phenoxy) is 1. The lowest BCUT2D eigenvalue weighted by atomic mass is 10.1. The SMILES string of the molecule is CC(C)c1cnn2c(N[C@@H](C)c3ccccc3)nc(OC3CCCNC3)nc12. The number of benzene rings is 1. The smallest absolute Gasteiger partial charge is 0.322 e. The molecule has 0 spiro atoms. The van der Waals surface area contributed by atoms with E-state index in [4.69, 9.17) is 9.72 Å². The van der Waals surface area contributed by atoms with E-state index in [1.807, 2.05) is 24.4 Å². The molecule has 0 amide bonds. The first-order valence-corrected chi connectivity index (χ1v) is 10.1. The Labute approximate surface area is 165 Å². The summed E-state index contributed by atoms with van der Waals surface area (Å²) in [7, 11) is 0. The molecule has 0 radical (unpaired) electrons. The summed E-state index contributed by atoms with van der Waals surface area (Å²) in [5.41, 5.74) is 3.07. The van der Waals surface area contributed by atoms with Gasteiger partial charge in [0.05, 0.1) is 12.2 Å². The van der Waals surface area contributed by atoms with Crippen molar-refractivity contribution in [1.82, 2.24) is 24.9 Å². The Morgan fingerprint density at radius 2 is 2.00 bits per heavy atom. The van der Waals surface area contributed by atoms with Gasteiger partial charge in [0.25, 0.3) is 0 Å². The van der Waals surface area contributed by atoms with E-state index >= 15 is 0 Å². The molecule has 2 N–H and O–H groups in total. The number of hydrogen-bond acceptors (Lipinski definition) is 6. The molecule has 0 saturated carbocycles. The van der Waals surface area contributed by atoms with Gasteiger partial charge in [0.15, 0.2) is 5.65 Å². The molecular weight excluding hydrogens is 352 g/mol. The van der Waals surface area contributed by atoms with E-state index < -0.39 is 0 Å². The Bertz CT molecular complexity index is 917. The third-order valence-corrected chi connectivity index (χ3v) is 5.17. The summed E-state index contributed by atoms with van der Waals surface area (Å²) in [5.74, 6) is 0.961. The van der Waals surface area contributed by atoms with Gasteiger partial charge in [-0.05, 0) is 37.8 Å². The molecule has 1 aromatic carbocycles. The molecule has 3 aromatic rings. The second kappa shape index (κ2) is 8.14. The van der Waals surface area contributed by atoms with E-state index in [0.717, 1.165) is 37.1 Å². The van der Waals surface area contributed by atoms with Crippen molar-refractivity contribution in [3.63, 3.8) is 0 Å². The zero-order chi connectivity index (χ0) is 19.5. The molecule has 0 aliphatic carbocycles. The van der Waals surface area contributed by atoms with E-state index in [2.05, 4.69) is 53.6 Å². The minimum absolute atomic E-state index is 0.0789. The van der Waals surface area contributed by atoms with Gasteiger partial charge in [0, 0.05) is 12.1 Å². The molecule has 2 atom stereocenters. The number of nitrogens with one attached hydrogen (secondary N) is 2. The minimum Gasteiger partial charge on any atom is -0.459 e. The molecular formula is C21H28N6O. The summed E-state index contributed by atoms with van der Waals surface area (Å²) in [6.45, 7) is 8.27. The van der Waals surface area contributed by atoms with Crippen molar-refractivity contribution in [2.45, 2.75) is 51.7 Å². The third-order valence-electron chi connectivity index (χ3n) is 5.17. The van der Waals surface area contributed by atoms with Crippen LogP contribution in [0.1, 0.15) is 56.7 Å². The summed E-state index contributed by atoms with van der Waals surface area (Å²) in [6.07, 6.45) is 4.09. The molecule has 1 aliphatic rings. The Balaban J connectivity index is 1.68. The van der Waals surface area contributed by atoms with Gasteiger partial charge in [0.1, 0.15) is 6.10 Å². The monoisotopic (exact) mass is 380 g/mol. The highest BCUT2D eigenvalue weighted by atomic mass is 16.5. The molecule has 0 bridgehead atoms. The average Bonchev–Trinajstić information content (AvgIpc) is 3.14. The molecule has 1 unspecified atom stereocenters. The number of piperidine rings is 1. The van der Waals surface area contributed by atoms with Crippen molar-refractivity contribution in [2.24, 2.45) is 0 Å². The largest absolute Gasteiger partial charge is 0.459 e. The van der Waals surface area contributed by atoms with Gasteiger partial charge in [-0.25, -0.2) is 0 Å². The van der Waals surface area contributed by atoms with Crippen LogP contribution < -0.4 is 15.4 Å². The number of aromatic nitrogens is 4. The zero-order valence-corrected chi connectivity index (χ0v) is 16.7. The van der Waals surface area contributed by atoms with Gasteiger partial charge in [-0.15, -0.1) is 0 Å². The van der Waals surface area contributed by atoms with Crippen LogP contribution in [0.3, 0.4) is 0 Å². The normalized spacial score (nSPS) is 18.4. The van der Waals surface area contributed by atoms with E-state index in [1.54, 1.807) is 4.52 Å². The summed E-state index contributed by atoms with van der Waals surface area (Å²) in [6, 6.07) is 10.8. The maximum Gasteiger partial charge on any atom is 0.322 e. The van der Waals surface area contributed by atoms with Gasteiger partial charge in [0.2, 0.25) is 5.95 Å². The molecule has 148 valence electrons. The quantitative estimate of drug-likeness (QED) is 0.681. The molecule has 7 nitrogen and oxygen atoms in total. The maximum absolute atomic E-state index is 6.13. The summed E-state index contributed by atoms with van der Waals surface area (Å²) in [5, 5.41) is 11.4. The molecule has 1 saturated heterocycles. The highest BCUT2D eigenvalue weighted by Gasteiger charge is 2.20. The lowest BCUT2D eigenvalue weighted by Crippen LogP contribution is -2.37. The van der Waals surface area contributed by atoms with Crippen LogP contribution in [-0.4, -0.2) is 38.8 Å². The topological polar surface area (TPSA) is 76.4 Å². The predicted molar refractivity (Wildman–Crippen MR) is 110 cm³/mol. The molecule has 2 aromatic heterocycles. The van der Waals surface area contributed by atoms with Gasteiger partial charge in [-0.3, -0.25) is 0 Å². The van der Waals surface area contributed by atoms with Crippen LogP contribution in [0.15, 0.2) is 36.5 Å². The minimum atomic E-state index is 0.0789. The molecule has 28 heavy (non-hydrogen) atoms. The number of hydrogen-bond donors (Lipinski definition) is 2. The van der Waals surface area contributed by atoms with Crippen LogP contribution in [0.5, 0.6) is 6.01 Å². The first-order valence-electron chi connectivity index (χ1n) is 10.1. The van der Waals surface area contributed by atoms with Gasteiger partial charge >= 0.3 is 6.01 Å². The van der Waals surface area contributed by atoms with Crippen molar-refractivity contribution in [1.29, 1.82) is 0 Å². The van der Waals surface area contributed by atoms with E-state index in [1.165, 1.54) is 5.56 Å². The predicted octanol–water partition coefficient (Wildman–Crippen LogP) is 3.55. The maximum atomic E-state index is 6.13. The van der Waals surface area contributed by atoms with Crippen LogP contribution in [0, 0.1) is 0 Å². The van der Waals surface area contributed by atoms with Crippen LogP contribution in [0.2, 0.25) is 0 Å². The second-order valence-electron chi connectivity index (χ2n) is 7.68. The van der Waals surface area contributed by atoms with Gasteiger partial charge < -0.3 is 15.4 Å². The lowest BCUT2D eigenvalue weighted by molar-refractivity contribution is 0.153. The highest BCUT2D eigenvalue weighted by molar-refractivity contribution is 5.53.